The zero-order valence-corrected chi connectivity index (χ0v) is 18.2. The lowest BCUT2D eigenvalue weighted by Gasteiger charge is -2.38. The fraction of sp³-hybridized carbons (Fsp3) is 0.667. The first-order chi connectivity index (χ1) is 10.2. The van der Waals surface area contributed by atoms with Gasteiger partial charge in [-0.1, -0.05) is 20.8 Å². The molecule has 0 saturated heterocycles. The van der Waals surface area contributed by atoms with Gasteiger partial charge in [0.05, 0.1) is 6.10 Å². The molecule has 5 nitrogen and oxygen atoms in total. The first kappa shape index (κ1) is 20.6. The maximum atomic E-state index is 11.6. The van der Waals surface area contributed by atoms with Gasteiger partial charge >= 0.3 is 0 Å². The van der Waals surface area contributed by atoms with Gasteiger partial charge in [-0.2, -0.15) is 0 Å². The van der Waals surface area contributed by atoms with Crippen molar-refractivity contribution in [2.24, 2.45) is 0 Å². The lowest BCUT2D eigenvalue weighted by Crippen LogP contribution is -2.44. The van der Waals surface area contributed by atoms with Gasteiger partial charge in [-0.15, -0.1) is 0 Å². The summed E-state index contributed by atoms with van der Waals surface area (Å²) < 4.78 is 35.6. The highest BCUT2D eigenvalue weighted by Crippen LogP contribution is 2.37. The summed E-state index contributed by atoms with van der Waals surface area (Å²) in [6, 6.07) is 3.08. The number of sulfone groups is 1. The largest absolute Gasteiger partial charge is 0.491 e. The molecule has 1 rings (SSSR count). The Labute approximate surface area is 149 Å². The van der Waals surface area contributed by atoms with Crippen molar-refractivity contribution in [2.75, 3.05) is 12.9 Å². The summed E-state index contributed by atoms with van der Waals surface area (Å²) in [6.45, 7) is 13.3. The number of rotatable bonds is 6. The van der Waals surface area contributed by atoms with E-state index in [1.54, 1.807) is 6.07 Å². The summed E-state index contributed by atoms with van der Waals surface area (Å²) in [5.74, 6) is 0.456. The third-order valence-corrected chi connectivity index (χ3v) is 9.89. The predicted octanol–water partition coefficient (Wildman–Crippen LogP) is 4.04. The third-order valence-electron chi connectivity index (χ3n) is 3.91. The summed E-state index contributed by atoms with van der Waals surface area (Å²) in [6.07, 6.45) is 1.04. The molecule has 132 valence electrons. The second-order valence-corrected chi connectivity index (χ2v) is 14.8. The Morgan fingerprint density at radius 2 is 1.87 bits per heavy atom. The topological polar surface area (TPSA) is 65.5 Å². The molecule has 1 heterocycles. The number of halogens is 1. The zero-order valence-electron chi connectivity index (χ0n) is 14.8. The molecule has 0 fully saturated rings. The van der Waals surface area contributed by atoms with E-state index in [2.05, 4.69) is 54.8 Å². The minimum absolute atomic E-state index is 0.0140. The highest BCUT2D eigenvalue weighted by atomic mass is 79.9. The van der Waals surface area contributed by atoms with E-state index in [-0.39, 0.29) is 16.2 Å². The molecule has 0 saturated carbocycles. The fourth-order valence-electron chi connectivity index (χ4n) is 1.65. The van der Waals surface area contributed by atoms with Crippen LogP contribution in [0.25, 0.3) is 0 Å². The van der Waals surface area contributed by atoms with Crippen LogP contribution in [0.1, 0.15) is 27.7 Å². The number of nitrogens with zero attached hydrogens (tertiary/aromatic N) is 1. The summed E-state index contributed by atoms with van der Waals surface area (Å²) in [5.41, 5.74) is 0. The molecule has 0 aliphatic heterocycles. The van der Waals surface area contributed by atoms with Gasteiger partial charge in [-0.05, 0) is 41.0 Å². The van der Waals surface area contributed by atoms with Crippen LogP contribution in [0.5, 0.6) is 5.75 Å². The molecule has 0 N–H and O–H groups in total. The second-order valence-electron chi connectivity index (χ2n) is 7.24. The second kappa shape index (κ2) is 7.21. The molecule has 8 heteroatoms. The Morgan fingerprint density at radius 3 is 2.35 bits per heavy atom. The number of hydrogen-bond acceptors (Lipinski definition) is 5. The van der Waals surface area contributed by atoms with Crippen LogP contribution in [0, 0.1) is 0 Å². The maximum absolute atomic E-state index is 11.6. The van der Waals surface area contributed by atoms with Crippen molar-refractivity contribution in [1.82, 2.24) is 4.98 Å². The molecule has 0 radical (unpaired) electrons. The normalized spacial score (nSPS) is 14.6. The van der Waals surface area contributed by atoms with Crippen molar-refractivity contribution >= 4 is 34.1 Å². The molecule has 0 spiro atoms. The van der Waals surface area contributed by atoms with Crippen molar-refractivity contribution < 1.29 is 17.6 Å². The molecular formula is C15H26BrNO4SSi. The molecule has 0 bridgehead atoms. The predicted molar refractivity (Wildman–Crippen MR) is 98.3 cm³/mol. The van der Waals surface area contributed by atoms with Gasteiger partial charge in [0.2, 0.25) is 0 Å². The Morgan fingerprint density at radius 1 is 1.30 bits per heavy atom. The van der Waals surface area contributed by atoms with E-state index < -0.39 is 18.2 Å². The SMILES string of the molecule is CC(COc1cc(Br)nc(S(C)(=O)=O)c1)O[Si](C)(C)C(C)(C)C. The van der Waals surface area contributed by atoms with Crippen LogP contribution in [0.4, 0.5) is 0 Å². The van der Waals surface area contributed by atoms with Crippen LogP contribution < -0.4 is 4.74 Å². The lowest BCUT2D eigenvalue weighted by atomic mass is 10.2. The number of aromatic nitrogens is 1. The number of hydrogen-bond donors (Lipinski definition) is 0. The van der Waals surface area contributed by atoms with Crippen molar-refractivity contribution in [3.8, 4) is 5.75 Å². The fourth-order valence-corrected chi connectivity index (χ4v) is 4.21. The van der Waals surface area contributed by atoms with Crippen LogP contribution in [0.15, 0.2) is 21.8 Å². The minimum Gasteiger partial charge on any atom is -0.491 e. The molecule has 1 aromatic heterocycles. The van der Waals surface area contributed by atoms with Gasteiger partial charge in [-0.25, -0.2) is 13.4 Å². The lowest BCUT2D eigenvalue weighted by molar-refractivity contribution is 0.129. The highest BCUT2D eigenvalue weighted by Gasteiger charge is 2.38. The number of pyridine rings is 1. The molecule has 1 aromatic rings. The van der Waals surface area contributed by atoms with Crippen molar-refractivity contribution in [2.45, 2.75) is 57.0 Å². The molecule has 1 atom stereocenters. The van der Waals surface area contributed by atoms with E-state index in [1.807, 2.05) is 6.92 Å². The van der Waals surface area contributed by atoms with E-state index in [1.165, 1.54) is 6.07 Å². The Balaban J connectivity index is 2.78. The van der Waals surface area contributed by atoms with Crippen molar-refractivity contribution in [3.05, 3.63) is 16.7 Å². The average Bonchev–Trinajstić information content (AvgIpc) is 2.32. The standard InChI is InChI=1S/C15H26BrNO4SSi/c1-11(21-23(6,7)15(2,3)4)10-20-12-8-13(16)17-14(9-12)22(5,18)19/h8-9,11H,10H2,1-7H3. The molecule has 0 aromatic carbocycles. The van der Waals surface area contributed by atoms with Gasteiger partial charge in [0.1, 0.15) is 17.0 Å². The first-order valence-electron chi connectivity index (χ1n) is 7.40. The van der Waals surface area contributed by atoms with Gasteiger partial charge in [0.25, 0.3) is 0 Å². The summed E-state index contributed by atoms with van der Waals surface area (Å²) >= 11 is 3.21. The van der Waals surface area contributed by atoms with Gasteiger partial charge in [-0.3, -0.25) is 0 Å². The quantitative estimate of drug-likeness (QED) is 0.510. The van der Waals surface area contributed by atoms with Crippen LogP contribution in [0.2, 0.25) is 18.1 Å². The van der Waals surface area contributed by atoms with E-state index in [0.29, 0.717) is 17.0 Å². The van der Waals surface area contributed by atoms with Crippen molar-refractivity contribution in [1.29, 1.82) is 0 Å². The molecule has 0 amide bonds. The van der Waals surface area contributed by atoms with Crippen LogP contribution in [0.3, 0.4) is 0 Å². The Hall–Kier alpha value is -0.443. The number of ether oxygens (including phenoxy) is 1. The van der Waals surface area contributed by atoms with E-state index >= 15 is 0 Å². The van der Waals surface area contributed by atoms with Crippen LogP contribution >= 0.6 is 15.9 Å². The molecule has 1 unspecified atom stereocenters. The molecule has 23 heavy (non-hydrogen) atoms. The summed E-state index contributed by atoms with van der Waals surface area (Å²) in [7, 11) is -5.24. The maximum Gasteiger partial charge on any atom is 0.192 e. The Kier molecular flexibility index (Phi) is 6.45. The van der Waals surface area contributed by atoms with Gasteiger partial charge in [0, 0.05) is 18.4 Å². The van der Waals surface area contributed by atoms with E-state index in [9.17, 15) is 8.42 Å². The first-order valence-corrected chi connectivity index (χ1v) is 13.0. The van der Waals surface area contributed by atoms with Gasteiger partial charge in [0.15, 0.2) is 23.2 Å². The highest BCUT2D eigenvalue weighted by molar-refractivity contribution is 9.10. The zero-order chi connectivity index (χ0) is 18.1. The summed E-state index contributed by atoms with van der Waals surface area (Å²) in [5, 5.41) is 0.115. The molecule has 0 aliphatic rings. The average molecular weight is 424 g/mol. The third kappa shape index (κ3) is 6.17. The van der Waals surface area contributed by atoms with E-state index in [4.69, 9.17) is 9.16 Å². The smallest absolute Gasteiger partial charge is 0.192 e. The monoisotopic (exact) mass is 423 g/mol. The Bertz CT molecular complexity index is 656. The van der Waals surface area contributed by atoms with Gasteiger partial charge < -0.3 is 9.16 Å². The molecular weight excluding hydrogens is 398 g/mol. The minimum atomic E-state index is -3.38. The molecule has 0 aliphatic carbocycles. The van der Waals surface area contributed by atoms with Crippen molar-refractivity contribution in [3.63, 3.8) is 0 Å². The van der Waals surface area contributed by atoms with E-state index in [0.717, 1.165) is 6.26 Å². The summed E-state index contributed by atoms with van der Waals surface area (Å²) in [4.78, 5) is 3.95. The van der Waals surface area contributed by atoms with Crippen LogP contribution in [-0.2, 0) is 14.3 Å². The van der Waals surface area contributed by atoms with Crippen LogP contribution in [-0.4, -0.2) is 40.7 Å².